The second-order valence-electron chi connectivity index (χ2n) is 4.78. The number of benzene rings is 2. The molecule has 4 nitrogen and oxygen atoms in total. The molecule has 1 amide bonds. The summed E-state index contributed by atoms with van der Waals surface area (Å²) in [7, 11) is 0. The van der Waals surface area contributed by atoms with Crippen LogP contribution in [0.2, 0.25) is 0 Å². The van der Waals surface area contributed by atoms with Crippen molar-refractivity contribution in [2.75, 3.05) is 0 Å². The number of hydrogen-bond acceptors (Lipinski definition) is 3. The maximum atomic E-state index is 13.3. The van der Waals surface area contributed by atoms with Gasteiger partial charge in [-0.1, -0.05) is 48.5 Å². The summed E-state index contributed by atoms with van der Waals surface area (Å²) in [5, 5.41) is 13.6. The van der Waals surface area contributed by atoms with Gasteiger partial charge in [-0.15, -0.1) is 0 Å². The molecule has 22 heavy (non-hydrogen) atoms. The Hall–Kier alpha value is -2.53. The number of hydrazone groups is 1. The summed E-state index contributed by atoms with van der Waals surface area (Å²) in [5.74, 6) is -0.734. The van der Waals surface area contributed by atoms with Gasteiger partial charge in [0.05, 0.1) is 12.3 Å². The average molecular weight is 300 g/mol. The average Bonchev–Trinajstić information content (AvgIpc) is 2.55. The smallest absolute Gasteiger partial charge is 0.240 e. The molecule has 0 aromatic heterocycles. The molecule has 0 aliphatic heterocycles. The number of nitrogens with zero attached hydrogens (tertiary/aromatic N) is 1. The molecular weight excluding hydrogens is 283 g/mol. The Morgan fingerprint density at radius 2 is 1.86 bits per heavy atom. The molecule has 0 radical (unpaired) electrons. The molecule has 2 N–H and O–H groups in total. The van der Waals surface area contributed by atoms with Crippen LogP contribution in [0.5, 0.6) is 0 Å². The van der Waals surface area contributed by atoms with Crippen molar-refractivity contribution >= 4 is 12.1 Å². The van der Waals surface area contributed by atoms with Crippen molar-refractivity contribution in [1.29, 1.82) is 0 Å². The maximum absolute atomic E-state index is 13.3. The SMILES string of the molecule is O=C(CC[C@@H](O)c1ccccc1)N/N=C\c1ccccc1F. The molecule has 2 aromatic carbocycles. The monoisotopic (exact) mass is 300 g/mol. The Labute approximate surface area is 128 Å². The minimum atomic E-state index is -0.692. The fraction of sp³-hybridized carbons (Fsp3) is 0.176. The summed E-state index contributed by atoms with van der Waals surface area (Å²) in [6.45, 7) is 0. The van der Waals surface area contributed by atoms with Gasteiger partial charge in [0.2, 0.25) is 5.91 Å². The largest absolute Gasteiger partial charge is 0.388 e. The molecule has 0 fully saturated rings. The summed E-state index contributed by atoms with van der Waals surface area (Å²) < 4.78 is 13.3. The van der Waals surface area contributed by atoms with E-state index in [9.17, 15) is 14.3 Å². The van der Waals surface area contributed by atoms with Gasteiger partial charge in [-0.25, -0.2) is 9.82 Å². The second-order valence-corrected chi connectivity index (χ2v) is 4.78. The third-order valence-corrected chi connectivity index (χ3v) is 3.13. The third kappa shape index (κ3) is 4.79. The maximum Gasteiger partial charge on any atom is 0.240 e. The molecule has 0 heterocycles. The Balaban J connectivity index is 1.78. The molecule has 0 bridgehead atoms. The fourth-order valence-corrected chi connectivity index (χ4v) is 1.92. The lowest BCUT2D eigenvalue weighted by atomic mass is 10.1. The van der Waals surface area contributed by atoms with E-state index in [1.54, 1.807) is 30.3 Å². The Morgan fingerprint density at radius 1 is 1.18 bits per heavy atom. The van der Waals surface area contributed by atoms with Gasteiger partial charge in [0.1, 0.15) is 5.82 Å². The predicted octanol–water partition coefficient (Wildman–Crippen LogP) is 2.79. The van der Waals surface area contributed by atoms with Crippen LogP contribution in [-0.4, -0.2) is 17.2 Å². The van der Waals surface area contributed by atoms with Crippen LogP contribution >= 0.6 is 0 Å². The first-order chi connectivity index (χ1) is 10.7. The quantitative estimate of drug-likeness (QED) is 0.636. The van der Waals surface area contributed by atoms with E-state index in [1.165, 1.54) is 12.3 Å². The highest BCUT2D eigenvalue weighted by Crippen LogP contribution is 2.17. The first kappa shape index (κ1) is 15.9. The number of rotatable bonds is 6. The fourth-order valence-electron chi connectivity index (χ4n) is 1.92. The molecule has 1 atom stereocenters. The zero-order valence-corrected chi connectivity index (χ0v) is 11.9. The van der Waals surface area contributed by atoms with Gasteiger partial charge in [0.15, 0.2) is 0 Å². The van der Waals surface area contributed by atoms with Crippen LogP contribution in [0, 0.1) is 5.82 Å². The van der Waals surface area contributed by atoms with Gasteiger partial charge in [-0.3, -0.25) is 4.79 Å². The molecule has 0 unspecified atom stereocenters. The minimum absolute atomic E-state index is 0.130. The zero-order chi connectivity index (χ0) is 15.8. The molecule has 5 heteroatoms. The molecule has 114 valence electrons. The van der Waals surface area contributed by atoms with Crippen LogP contribution in [0.25, 0.3) is 0 Å². The highest BCUT2D eigenvalue weighted by Gasteiger charge is 2.09. The molecule has 0 spiro atoms. The van der Waals surface area contributed by atoms with Crippen LogP contribution < -0.4 is 5.43 Å². The normalized spacial score (nSPS) is 12.3. The second kappa shape index (κ2) is 8.05. The molecule has 0 aliphatic carbocycles. The number of aliphatic hydroxyl groups is 1. The van der Waals surface area contributed by atoms with Gasteiger partial charge >= 0.3 is 0 Å². The number of halogens is 1. The first-order valence-electron chi connectivity index (χ1n) is 6.96. The van der Waals surface area contributed by atoms with Gasteiger partial charge in [0.25, 0.3) is 0 Å². The predicted molar refractivity (Wildman–Crippen MR) is 82.8 cm³/mol. The van der Waals surface area contributed by atoms with Crippen molar-refractivity contribution in [3.63, 3.8) is 0 Å². The number of carbonyl (C=O) groups is 1. The summed E-state index contributed by atoms with van der Waals surface area (Å²) in [6, 6.07) is 15.3. The third-order valence-electron chi connectivity index (χ3n) is 3.13. The Kier molecular flexibility index (Phi) is 5.80. The Morgan fingerprint density at radius 3 is 2.59 bits per heavy atom. The zero-order valence-electron chi connectivity index (χ0n) is 11.9. The van der Waals surface area contributed by atoms with Crippen molar-refractivity contribution in [3.05, 3.63) is 71.5 Å². The molecule has 2 rings (SSSR count). The number of nitrogens with one attached hydrogen (secondary N) is 1. The summed E-state index contributed by atoms with van der Waals surface area (Å²) in [6.07, 6.45) is 0.985. The summed E-state index contributed by atoms with van der Waals surface area (Å²) in [5.41, 5.74) is 3.38. The lowest BCUT2D eigenvalue weighted by molar-refractivity contribution is -0.121. The number of amides is 1. The molecule has 0 saturated heterocycles. The van der Waals surface area contributed by atoms with Crippen LogP contribution in [0.4, 0.5) is 4.39 Å². The van der Waals surface area contributed by atoms with Gasteiger partial charge in [-0.2, -0.15) is 5.10 Å². The highest BCUT2D eigenvalue weighted by molar-refractivity contribution is 5.82. The summed E-state index contributed by atoms with van der Waals surface area (Å²) in [4.78, 5) is 11.6. The van der Waals surface area contributed by atoms with Gasteiger partial charge < -0.3 is 5.11 Å². The van der Waals surface area contributed by atoms with Crippen molar-refractivity contribution in [2.45, 2.75) is 18.9 Å². The van der Waals surface area contributed by atoms with Crippen LogP contribution in [-0.2, 0) is 4.79 Å². The van der Waals surface area contributed by atoms with E-state index in [4.69, 9.17) is 0 Å². The number of hydrogen-bond donors (Lipinski definition) is 2. The van der Waals surface area contributed by atoms with Crippen LogP contribution in [0.15, 0.2) is 59.7 Å². The van der Waals surface area contributed by atoms with E-state index in [1.807, 2.05) is 18.2 Å². The van der Waals surface area contributed by atoms with Crippen LogP contribution in [0.3, 0.4) is 0 Å². The van der Waals surface area contributed by atoms with Crippen molar-refractivity contribution < 1.29 is 14.3 Å². The van der Waals surface area contributed by atoms with Gasteiger partial charge in [-0.05, 0) is 18.1 Å². The molecule has 2 aromatic rings. The van der Waals surface area contributed by atoms with Crippen molar-refractivity contribution in [1.82, 2.24) is 5.43 Å². The lowest BCUT2D eigenvalue weighted by Gasteiger charge is -2.09. The topological polar surface area (TPSA) is 61.7 Å². The Bertz CT molecular complexity index is 644. The van der Waals surface area contributed by atoms with Crippen molar-refractivity contribution in [2.24, 2.45) is 5.10 Å². The minimum Gasteiger partial charge on any atom is -0.388 e. The molecule has 0 aliphatic rings. The number of aliphatic hydroxyl groups excluding tert-OH is 1. The van der Waals surface area contributed by atoms with E-state index in [0.717, 1.165) is 5.56 Å². The summed E-state index contributed by atoms with van der Waals surface area (Å²) >= 11 is 0. The van der Waals surface area contributed by atoms with Gasteiger partial charge in [0, 0.05) is 12.0 Å². The number of carbonyl (C=O) groups excluding carboxylic acids is 1. The van der Waals surface area contributed by atoms with E-state index in [2.05, 4.69) is 10.5 Å². The van der Waals surface area contributed by atoms with E-state index < -0.39 is 11.9 Å². The van der Waals surface area contributed by atoms with E-state index in [-0.39, 0.29) is 12.3 Å². The highest BCUT2D eigenvalue weighted by atomic mass is 19.1. The van der Waals surface area contributed by atoms with E-state index in [0.29, 0.717) is 12.0 Å². The van der Waals surface area contributed by atoms with Crippen molar-refractivity contribution in [3.8, 4) is 0 Å². The lowest BCUT2D eigenvalue weighted by Crippen LogP contribution is -2.18. The van der Waals surface area contributed by atoms with E-state index >= 15 is 0 Å². The molecular formula is C17H17FN2O2. The molecule has 0 saturated carbocycles. The van der Waals surface area contributed by atoms with Crippen LogP contribution in [0.1, 0.15) is 30.1 Å². The standard InChI is InChI=1S/C17H17FN2O2/c18-15-9-5-4-8-14(15)12-19-20-17(22)11-10-16(21)13-6-2-1-3-7-13/h1-9,12,16,21H,10-11H2,(H,20,22)/b19-12-/t16-/m1/s1. The first-order valence-corrected chi connectivity index (χ1v) is 6.96.